The Hall–Kier alpha value is -3.00. The van der Waals surface area contributed by atoms with Gasteiger partial charge in [0.25, 0.3) is 0 Å². The number of hydrogen-bond donors (Lipinski definition) is 2. The van der Waals surface area contributed by atoms with Gasteiger partial charge < -0.3 is 10.2 Å². The second kappa shape index (κ2) is 9.63. The van der Waals surface area contributed by atoms with Crippen LogP contribution in [-0.2, 0) is 4.79 Å². The van der Waals surface area contributed by atoms with Gasteiger partial charge in [-0.25, -0.2) is 0 Å². The Morgan fingerprint density at radius 3 is 2.34 bits per heavy atom. The molecule has 2 saturated carbocycles. The Morgan fingerprint density at radius 2 is 1.66 bits per heavy atom. The number of carbonyl (C=O) groups excluding carboxylic acids is 1. The van der Waals surface area contributed by atoms with Gasteiger partial charge in [0.1, 0.15) is 0 Å². The zero-order valence-electron chi connectivity index (χ0n) is 22.2. The first kappa shape index (κ1) is 25.3. The summed E-state index contributed by atoms with van der Waals surface area (Å²) < 4.78 is 0. The second-order valence-electron chi connectivity index (χ2n) is 12.2. The average molecular weight is 508 g/mol. The van der Waals surface area contributed by atoms with Crippen LogP contribution in [0.2, 0.25) is 0 Å². The molecule has 4 aliphatic rings. The van der Waals surface area contributed by atoms with E-state index < -0.39 is 5.60 Å². The minimum atomic E-state index is -0.824. The highest BCUT2D eigenvalue weighted by Crippen LogP contribution is 2.66. The van der Waals surface area contributed by atoms with Crippen LogP contribution in [0.1, 0.15) is 75.3 Å². The average Bonchev–Trinajstić information content (AvgIpc) is 3.21. The van der Waals surface area contributed by atoms with Gasteiger partial charge in [-0.15, -0.1) is 0 Å². The number of allylic oxidation sites excluding steroid dienone is 2. The Kier molecular flexibility index (Phi) is 6.41. The summed E-state index contributed by atoms with van der Waals surface area (Å²) in [5, 5.41) is 30.7. The molecular formula is C34H37NO3. The molecule has 0 unspecified atom stereocenters. The molecule has 4 heteroatoms. The quantitative estimate of drug-likeness (QED) is 0.454. The minimum absolute atomic E-state index is 0.101. The number of hydrogen-bond acceptors (Lipinski definition) is 4. The van der Waals surface area contributed by atoms with E-state index >= 15 is 0 Å². The molecule has 196 valence electrons. The van der Waals surface area contributed by atoms with Crippen molar-refractivity contribution in [2.75, 3.05) is 6.61 Å². The number of ketones is 1. The Morgan fingerprint density at radius 1 is 0.974 bits per heavy atom. The topological polar surface area (TPSA) is 81.3 Å². The van der Waals surface area contributed by atoms with Crippen molar-refractivity contribution in [1.82, 2.24) is 0 Å². The number of aliphatic hydroxyl groups excluding tert-OH is 1. The predicted octanol–water partition coefficient (Wildman–Crippen LogP) is 6.48. The van der Waals surface area contributed by atoms with Crippen LogP contribution in [0.3, 0.4) is 0 Å². The molecule has 0 spiro atoms. The summed E-state index contributed by atoms with van der Waals surface area (Å²) in [4.78, 5) is 12.3. The molecule has 4 nitrogen and oxygen atoms in total. The van der Waals surface area contributed by atoms with E-state index in [0.29, 0.717) is 49.0 Å². The summed E-state index contributed by atoms with van der Waals surface area (Å²) in [5.41, 5.74) is 5.84. The molecule has 2 aromatic carbocycles. The molecule has 2 N–H and O–H groups in total. The molecule has 38 heavy (non-hydrogen) atoms. The van der Waals surface area contributed by atoms with Crippen molar-refractivity contribution in [2.45, 2.75) is 69.8 Å². The van der Waals surface area contributed by atoms with Crippen LogP contribution >= 0.6 is 0 Å². The van der Waals surface area contributed by atoms with E-state index in [1.807, 2.05) is 30.3 Å². The Balaban J connectivity index is 1.39. The fourth-order valence-electron chi connectivity index (χ4n) is 8.48. The van der Waals surface area contributed by atoms with Gasteiger partial charge in [0, 0.05) is 18.4 Å². The third-order valence-corrected chi connectivity index (χ3v) is 10.4. The molecule has 0 amide bonds. The molecular weight excluding hydrogens is 470 g/mol. The smallest absolute Gasteiger partial charge is 0.155 e. The summed E-state index contributed by atoms with van der Waals surface area (Å²) >= 11 is 0. The van der Waals surface area contributed by atoms with Crippen LogP contribution in [-0.4, -0.2) is 28.2 Å². The Bertz CT molecular complexity index is 1330. The predicted molar refractivity (Wildman–Crippen MR) is 148 cm³/mol. The van der Waals surface area contributed by atoms with Gasteiger partial charge in [0.2, 0.25) is 0 Å². The van der Waals surface area contributed by atoms with E-state index in [2.05, 4.69) is 43.3 Å². The molecule has 0 aliphatic heterocycles. The first-order chi connectivity index (χ1) is 18.4. The van der Waals surface area contributed by atoms with Crippen molar-refractivity contribution in [3.63, 3.8) is 0 Å². The lowest BCUT2D eigenvalue weighted by Gasteiger charge is -2.57. The van der Waals surface area contributed by atoms with Crippen molar-refractivity contribution < 1.29 is 15.0 Å². The van der Waals surface area contributed by atoms with E-state index in [9.17, 15) is 15.0 Å². The molecule has 4 aliphatic carbocycles. The standard InChI is InChI=1S/C34H37NO3/c1-33-20-30(25-9-7-24(8-10-25)23-5-3-22(21-35)4-6-23)32-28-14-12-27(37)19-26(28)11-13-29(32)31(33)15-17-34(33,38)16-2-18-36/h3-10,15,19,28-30,32,36,38H,2,11-14,16-18,20H2,1H3/t28-,29-,30+,32+,33-,34-/m0/s1. The number of nitrogens with zero attached hydrogens (tertiary/aromatic N) is 1. The molecule has 0 aromatic heterocycles. The van der Waals surface area contributed by atoms with E-state index in [1.165, 1.54) is 16.7 Å². The zero-order chi connectivity index (χ0) is 26.5. The third-order valence-electron chi connectivity index (χ3n) is 10.4. The Labute approximate surface area is 225 Å². The fourth-order valence-corrected chi connectivity index (χ4v) is 8.48. The zero-order valence-corrected chi connectivity index (χ0v) is 22.2. The lowest BCUT2D eigenvalue weighted by Crippen LogP contribution is -2.53. The van der Waals surface area contributed by atoms with Crippen molar-refractivity contribution in [2.24, 2.45) is 23.2 Å². The van der Waals surface area contributed by atoms with Crippen LogP contribution in [0.5, 0.6) is 0 Å². The van der Waals surface area contributed by atoms with Crippen LogP contribution in [0.25, 0.3) is 11.1 Å². The van der Waals surface area contributed by atoms with Gasteiger partial charge in [-0.1, -0.05) is 60.5 Å². The van der Waals surface area contributed by atoms with E-state index in [1.54, 1.807) is 0 Å². The number of carbonyl (C=O) groups is 1. The second-order valence-corrected chi connectivity index (χ2v) is 12.2. The van der Waals surface area contributed by atoms with Crippen molar-refractivity contribution in [3.8, 4) is 17.2 Å². The summed E-state index contributed by atoms with van der Waals surface area (Å²) in [7, 11) is 0. The van der Waals surface area contributed by atoms with Gasteiger partial charge in [-0.05, 0) is 104 Å². The molecule has 6 rings (SSSR count). The monoisotopic (exact) mass is 507 g/mol. The highest BCUT2D eigenvalue weighted by Gasteiger charge is 2.61. The van der Waals surface area contributed by atoms with Crippen LogP contribution < -0.4 is 0 Å². The molecule has 0 heterocycles. The number of rotatable bonds is 5. The number of fused-ring (bicyclic) bond motifs is 5. The normalized spacial score (nSPS) is 33.9. The highest BCUT2D eigenvalue weighted by atomic mass is 16.3. The van der Waals surface area contributed by atoms with Crippen molar-refractivity contribution in [3.05, 3.63) is 83.0 Å². The number of nitriles is 1. The van der Waals surface area contributed by atoms with E-state index in [0.717, 1.165) is 36.8 Å². The van der Waals surface area contributed by atoms with Crippen LogP contribution in [0.15, 0.2) is 71.8 Å². The highest BCUT2D eigenvalue weighted by molar-refractivity contribution is 5.91. The van der Waals surface area contributed by atoms with E-state index in [4.69, 9.17) is 5.26 Å². The maximum Gasteiger partial charge on any atom is 0.155 e. The summed E-state index contributed by atoms with van der Waals surface area (Å²) in [5.74, 6) is 1.83. The SMILES string of the molecule is C[C@]12C[C@H](c3ccc(-c4ccc(C#N)cc4)cc3)[C@@H]3[C@H]4CCC(=O)C=C4CC[C@H]3C1=CC[C@@]2(O)CCCO. The van der Waals surface area contributed by atoms with Gasteiger partial charge >= 0.3 is 0 Å². The minimum Gasteiger partial charge on any atom is -0.396 e. The lowest BCUT2D eigenvalue weighted by atomic mass is 9.48. The molecule has 0 bridgehead atoms. The summed E-state index contributed by atoms with van der Waals surface area (Å²) in [6, 6.07) is 18.8. The maximum absolute atomic E-state index is 12.3. The maximum atomic E-state index is 12.3. The molecule has 0 radical (unpaired) electrons. The first-order valence-corrected chi connectivity index (χ1v) is 14.2. The fraction of sp³-hybridized carbons (Fsp3) is 0.471. The lowest BCUT2D eigenvalue weighted by molar-refractivity contribution is -0.116. The molecule has 2 aromatic rings. The molecule has 2 fully saturated rings. The molecule has 6 atom stereocenters. The first-order valence-electron chi connectivity index (χ1n) is 14.2. The summed E-state index contributed by atoms with van der Waals surface area (Å²) in [6.45, 7) is 2.37. The number of aliphatic hydroxyl groups is 2. The van der Waals surface area contributed by atoms with Gasteiger partial charge in [0.05, 0.1) is 17.2 Å². The van der Waals surface area contributed by atoms with Gasteiger partial charge in [-0.2, -0.15) is 5.26 Å². The van der Waals surface area contributed by atoms with Crippen LogP contribution in [0.4, 0.5) is 0 Å². The van der Waals surface area contributed by atoms with E-state index in [-0.39, 0.29) is 23.7 Å². The summed E-state index contributed by atoms with van der Waals surface area (Å²) in [6.07, 6.45) is 10.7. The third kappa shape index (κ3) is 3.99. The number of benzene rings is 2. The van der Waals surface area contributed by atoms with Crippen molar-refractivity contribution in [1.29, 1.82) is 5.26 Å². The van der Waals surface area contributed by atoms with Crippen molar-refractivity contribution >= 4 is 5.78 Å². The van der Waals surface area contributed by atoms with Crippen LogP contribution in [0, 0.1) is 34.5 Å². The van der Waals surface area contributed by atoms with Gasteiger partial charge in [0.15, 0.2) is 5.78 Å². The molecule has 0 saturated heterocycles. The van der Waals surface area contributed by atoms with Gasteiger partial charge in [-0.3, -0.25) is 4.79 Å². The largest absolute Gasteiger partial charge is 0.396 e.